The van der Waals surface area contributed by atoms with Crippen LogP contribution in [-0.4, -0.2) is 120 Å². The molecule has 52 heavy (non-hydrogen) atoms. The zero-order valence-corrected chi connectivity index (χ0v) is 30.5. The van der Waals surface area contributed by atoms with Gasteiger partial charge in [-0.3, -0.25) is 28.6 Å². The molecule has 0 aliphatic carbocycles. The maximum atomic E-state index is 13.8. The van der Waals surface area contributed by atoms with E-state index in [0.717, 1.165) is 57.3 Å². The number of imide groups is 1. The van der Waals surface area contributed by atoms with E-state index in [-0.39, 0.29) is 21.7 Å². The quantitative estimate of drug-likeness (QED) is 0.0400. The molecule has 0 spiro atoms. The van der Waals surface area contributed by atoms with Crippen LogP contribution in [0, 0.1) is 0 Å². The summed E-state index contributed by atoms with van der Waals surface area (Å²) in [6.45, 7) is 6.92. The van der Waals surface area contributed by atoms with Crippen molar-refractivity contribution in [2.45, 2.75) is 76.9 Å². The number of thiazole rings is 2. The Bertz CT molecular complexity index is 1940. The molecule has 26 heteroatoms. The summed E-state index contributed by atoms with van der Waals surface area (Å²) >= 11 is 1.78. The number of β-lactam (4-membered cyclic amide) rings is 1. The molecule has 1 aliphatic rings. The van der Waals surface area contributed by atoms with Crippen molar-refractivity contribution in [3.05, 3.63) is 22.1 Å². The van der Waals surface area contributed by atoms with Gasteiger partial charge in [-0.2, -0.15) is 13.1 Å². The van der Waals surface area contributed by atoms with E-state index in [4.69, 9.17) is 21.1 Å². The Morgan fingerprint density at radius 3 is 1.73 bits per heavy atom. The summed E-state index contributed by atoms with van der Waals surface area (Å²) in [5.74, 6) is -7.51. The number of nitrogens with zero attached hydrogens (tertiary/aromatic N) is 5. The summed E-state index contributed by atoms with van der Waals surface area (Å²) in [6, 6.07) is -6.20. The summed E-state index contributed by atoms with van der Waals surface area (Å²) < 4.78 is 34.5. The van der Waals surface area contributed by atoms with Crippen LogP contribution in [0.2, 0.25) is 0 Å². The minimum absolute atomic E-state index is 0.0159. The summed E-state index contributed by atoms with van der Waals surface area (Å²) in [6.07, 6.45) is 0. The van der Waals surface area contributed by atoms with Gasteiger partial charge in [-0.25, -0.2) is 19.6 Å². The molecule has 2 aromatic rings. The van der Waals surface area contributed by atoms with Gasteiger partial charge in [0.2, 0.25) is 11.2 Å². The van der Waals surface area contributed by atoms with E-state index in [1.165, 1.54) is 17.7 Å². The summed E-state index contributed by atoms with van der Waals surface area (Å²) in [7, 11) is -5.01. The number of hydrogen-bond acceptors (Lipinski definition) is 18. The first-order chi connectivity index (χ1) is 23.9. The number of nitrogens with one attached hydrogen (secondary N) is 3. The number of rotatable bonds is 16. The normalized spacial score (nSPS) is 18.1. The second-order valence-corrected chi connectivity index (χ2v) is 14.9. The second-order valence-electron chi connectivity index (χ2n) is 11.9. The molecule has 1 saturated heterocycles. The smallest absolute Gasteiger partial charge is 0.350 e. The Labute approximate surface area is 302 Å². The van der Waals surface area contributed by atoms with Crippen LogP contribution in [0.1, 0.15) is 52.9 Å². The fourth-order valence-corrected chi connectivity index (χ4v) is 5.69. The number of carbonyl (C=O) groups excluding carboxylic acids is 4. The molecule has 4 amide bonds. The Morgan fingerprint density at radius 1 is 0.923 bits per heavy atom. The number of carboxylic acids is 2. The SMILES string of the molecule is C[C@H](NS(=O)(=O)O)[C@H](NC(=O)C(=NOC(C)(C)C(=O)O)c1csc(N)n1)C(=O)N1C(=O)[C@@H](NC(=O)/C(=N\OC(C)(C)C(=O)O)c2csc(N)n2)[C@@H]1C. The molecule has 0 radical (unpaired) electrons. The molecule has 3 heterocycles. The lowest BCUT2D eigenvalue weighted by atomic mass is 9.93. The minimum atomic E-state index is -5.01. The number of nitrogen functional groups attached to an aromatic ring is 2. The predicted molar refractivity (Wildman–Crippen MR) is 181 cm³/mol. The topological polar surface area (TPSA) is 358 Å². The first-order valence-corrected chi connectivity index (χ1v) is 17.7. The average Bonchev–Trinajstić information content (AvgIpc) is 3.65. The number of carbonyl (C=O) groups is 6. The molecule has 1 fully saturated rings. The van der Waals surface area contributed by atoms with Crippen LogP contribution in [0.4, 0.5) is 10.3 Å². The lowest BCUT2D eigenvalue weighted by Gasteiger charge is -2.45. The van der Waals surface area contributed by atoms with Gasteiger partial charge in [-0.15, -0.1) is 22.7 Å². The number of amides is 4. The number of nitrogens with two attached hydrogens (primary N) is 2. The first kappa shape index (κ1) is 41.1. The molecule has 0 aromatic carbocycles. The summed E-state index contributed by atoms with van der Waals surface area (Å²) in [5.41, 5.74) is 5.85. The van der Waals surface area contributed by atoms with Gasteiger partial charge in [0.05, 0.1) is 12.1 Å². The van der Waals surface area contributed by atoms with E-state index in [9.17, 15) is 52.0 Å². The maximum Gasteiger partial charge on any atom is 0.350 e. The highest BCUT2D eigenvalue weighted by Gasteiger charge is 2.52. The molecule has 10 N–H and O–H groups in total. The van der Waals surface area contributed by atoms with Gasteiger partial charge in [0.15, 0.2) is 21.7 Å². The van der Waals surface area contributed by atoms with Crippen LogP contribution in [0.5, 0.6) is 0 Å². The monoisotopic (exact) mass is 790 g/mol. The average molecular weight is 791 g/mol. The van der Waals surface area contributed by atoms with Crippen molar-refractivity contribution in [3.63, 3.8) is 0 Å². The highest BCUT2D eigenvalue weighted by Crippen LogP contribution is 2.23. The third-order valence-electron chi connectivity index (χ3n) is 7.02. The van der Waals surface area contributed by atoms with Crippen LogP contribution in [-0.2, 0) is 48.7 Å². The lowest BCUT2D eigenvalue weighted by Crippen LogP contribution is -2.74. The van der Waals surface area contributed by atoms with Crippen molar-refractivity contribution >= 4 is 90.2 Å². The van der Waals surface area contributed by atoms with Gasteiger partial charge < -0.3 is 42.0 Å². The number of carboxylic acid groups (broad SMARTS) is 2. The molecule has 3 rings (SSSR count). The van der Waals surface area contributed by atoms with Crippen molar-refractivity contribution in [2.24, 2.45) is 10.3 Å². The van der Waals surface area contributed by atoms with Crippen LogP contribution in [0.15, 0.2) is 21.1 Å². The summed E-state index contributed by atoms with van der Waals surface area (Å²) in [4.78, 5) is 95.5. The van der Waals surface area contributed by atoms with Crippen LogP contribution in [0.25, 0.3) is 0 Å². The highest BCUT2D eigenvalue weighted by atomic mass is 32.2. The van der Waals surface area contributed by atoms with E-state index in [1.54, 1.807) is 4.72 Å². The molecule has 284 valence electrons. The van der Waals surface area contributed by atoms with Crippen molar-refractivity contribution < 1.29 is 61.6 Å². The molecule has 2 aromatic heterocycles. The zero-order chi connectivity index (χ0) is 39.5. The van der Waals surface area contributed by atoms with E-state index >= 15 is 0 Å². The number of likely N-dealkylation sites (tertiary alicyclic amines) is 1. The van der Waals surface area contributed by atoms with E-state index in [1.807, 2.05) is 0 Å². The number of aromatic nitrogens is 2. The van der Waals surface area contributed by atoms with Crippen LogP contribution < -0.4 is 26.8 Å². The summed E-state index contributed by atoms with van der Waals surface area (Å²) in [5, 5.41) is 33.1. The van der Waals surface area contributed by atoms with Crippen molar-refractivity contribution in [1.29, 1.82) is 0 Å². The van der Waals surface area contributed by atoms with Crippen LogP contribution in [0.3, 0.4) is 0 Å². The van der Waals surface area contributed by atoms with Crippen LogP contribution >= 0.6 is 22.7 Å². The number of hydrogen-bond donors (Lipinski definition) is 8. The van der Waals surface area contributed by atoms with E-state index in [2.05, 4.69) is 30.9 Å². The molecular formula is C26H34N10O13S3. The lowest BCUT2D eigenvalue weighted by molar-refractivity contribution is -0.164. The van der Waals surface area contributed by atoms with Crippen molar-refractivity contribution in [2.75, 3.05) is 11.5 Å². The largest absolute Gasteiger partial charge is 0.478 e. The first-order valence-electron chi connectivity index (χ1n) is 14.5. The van der Waals surface area contributed by atoms with Gasteiger partial charge in [0.25, 0.3) is 23.6 Å². The minimum Gasteiger partial charge on any atom is -0.478 e. The van der Waals surface area contributed by atoms with Gasteiger partial charge >= 0.3 is 22.2 Å². The van der Waals surface area contributed by atoms with Gasteiger partial charge in [0.1, 0.15) is 23.5 Å². The Morgan fingerprint density at radius 2 is 1.37 bits per heavy atom. The fraction of sp³-hybridized carbons (Fsp3) is 0.462. The Balaban J connectivity index is 1.91. The van der Waals surface area contributed by atoms with Gasteiger partial charge in [-0.1, -0.05) is 10.3 Å². The predicted octanol–water partition coefficient (Wildman–Crippen LogP) is -1.86. The Hall–Kier alpha value is -5.31. The van der Waals surface area contributed by atoms with Crippen molar-refractivity contribution in [3.8, 4) is 0 Å². The van der Waals surface area contributed by atoms with Crippen molar-refractivity contribution in [1.82, 2.24) is 30.2 Å². The van der Waals surface area contributed by atoms with Gasteiger partial charge in [-0.05, 0) is 41.5 Å². The number of oxime groups is 2. The third kappa shape index (κ3) is 9.72. The third-order valence-corrected chi connectivity index (χ3v) is 9.04. The molecule has 23 nitrogen and oxygen atoms in total. The highest BCUT2D eigenvalue weighted by molar-refractivity contribution is 7.83. The second kappa shape index (κ2) is 15.5. The van der Waals surface area contributed by atoms with E-state index in [0.29, 0.717) is 4.90 Å². The molecule has 0 unspecified atom stereocenters. The maximum absolute atomic E-state index is 13.8. The van der Waals surface area contributed by atoms with E-state index < -0.39 is 92.7 Å². The standard InChI is InChI=1S/C26H34N10O13S3/c1-9(35-52(45,46)47)13(31-17(37)15(11-7-50-23(27)29-11)33-48-25(3,4)21(41)42)19(39)36-10(2)14(20(36)40)32-18(38)16(12-8-51-24(28)30-12)34-49-26(5,6)22(43)44/h7-10,13-14,35H,1-6H3,(H2,27,29)(H2,28,30)(H,31,37)(H,32,38)(H,41,42)(H,43,44)(H,45,46,47)/b33-15?,34-16-/t9-,10-,13-,14-/m0/s1. The van der Waals surface area contributed by atoms with Gasteiger partial charge in [0, 0.05) is 10.8 Å². The Kier molecular flexibility index (Phi) is 12.3. The molecule has 4 atom stereocenters. The fourth-order valence-electron chi connectivity index (χ4n) is 3.99. The zero-order valence-electron chi connectivity index (χ0n) is 28.0. The molecular weight excluding hydrogens is 757 g/mol. The molecule has 1 aliphatic heterocycles. The number of aliphatic carboxylic acids is 2. The molecule has 0 saturated carbocycles. The molecule has 0 bridgehead atoms. The number of anilines is 2.